The van der Waals surface area contributed by atoms with Crippen molar-refractivity contribution in [1.82, 2.24) is 9.38 Å². The maximum absolute atomic E-state index is 12.6. The molecule has 6 rings (SSSR count). The Bertz CT molecular complexity index is 1650. The van der Waals surface area contributed by atoms with Gasteiger partial charge in [-0.2, -0.15) is 0 Å². The fourth-order valence-electron chi connectivity index (χ4n) is 4.25. The molecule has 0 atom stereocenters. The highest BCUT2D eigenvalue weighted by molar-refractivity contribution is 6.18. The van der Waals surface area contributed by atoms with Crippen LogP contribution in [0.25, 0.3) is 49.4 Å². The topological polar surface area (TPSA) is 74.8 Å². The molecule has 0 bridgehead atoms. The Hall–Kier alpha value is -4.12. The maximum atomic E-state index is 12.6. The third-order valence-electron chi connectivity index (χ3n) is 5.54. The summed E-state index contributed by atoms with van der Waals surface area (Å²) in [5.74, 6) is -0.332. The van der Waals surface area contributed by atoms with Gasteiger partial charge < -0.3 is 10.2 Å². The number of phenolic OH excluding ortho intramolecular Hbond substituents is 1. The largest absolute Gasteiger partial charge is 0.507 e. The molecule has 0 radical (unpaired) electrons. The monoisotopic (exact) mass is 378 g/mol. The van der Waals surface area contributed by atoms with Crippen LogP contribution in [0.15, 0.2) is 77.6 Å². The second-order valence-electron chi connectivity index (χ2n) is 7.15. The normalized spacial score (nSPS) is 11.9. The zero-order valence-corrected chi connectivity index (χ0v) is 15.1. The van der Waals surface area contributed by atoms with E-state index in [0.29, 0.717) is 16.8 Å². The average Bonchev–Trinajstić information content (AvgIpc) is 3.06. The predicted molar refractivity (Wildman–Crippen MR) is 114 cm³/mol. The van der Waals surface area contributed by atoms with E-state index in [1.54, 1.807) is 0 Å². The summed E-state index contributed by atoms with van der Waals surface area (Å²) in [6, 6.07) is 22.1. The molecule has 2 N–H and O–H groups in total. The number of aromatic nitrogens is 2. The van der Waals surface area contributed by atoms with Crippen molar-refractivity contribution in [3.05, 3.63) is 83.2 Å². The third kappa shape index (κ3) is 2.04. The summed E-state index contributed by atoms with van der Waals surface area (Å²) < 4.78 is 1.54. The highest BCUT2D eigenvalue weighted by atomic mass is 16.3. The van der Waals surface area contributed by atoms with Gasteiger partial charge in [0.15, 0.2) is 0 Å². The molecule has 0 saturated carbocycles. The van der Waals surface area contributed by atoms with Crippen LogP contribution in [0, 0.1) is 0 Å². The predicted octanol–water partition coefficient (Wildman–Crippen LogP) is 4.67. The number of benzene rings is 3. The summed E-state index contributed by atoms with van der Waals surface area (Å²) in [7, 11) is 0. The van der Waals surface area contributed by atoms with Gasteiger partial charge in [0.2, 0.25) is 0 Å². The van der Waals surface area contributed by atoms with E-state index in [1.807, 2.05) is 66.7 Å². The van der Waals surface area contributed by atoms with E-state index in [-0.39, 0.29) is 22.4 Å². The van der Waals surface area contributed by atoms with Crippen LogP contribution in [0.5, 0.6) is 11.5 Å². The van der Waals surface area contributed by atoms with Crippen molar-refractivity contribution in [2.45, 2.75) is 0 Å². The molecule has 0 saturated heterocycles. The van der Waals surface area contributed by atoms with Gasteiger partial charge in [0, 0.05) is 27.8 Å². The third-order valence-corrected chi connectivity index (χ3v) is 5.54. The van der Waals surface area contributed by atoms with Crippen LogP contribution in [0.1, 0.15) is 0 Å². The molecule has 29 heavy (non-hydrogen) atoms. The van der Waals surface area contributed by atoms with Crippen molar-refractivity contribution in [3.63, 3.8) is 0 Å². The van der Waals surface area contributed by atoms with E-state index < -0.39 is 0 Å². The highest BCUT2D eigenvalue weighted by Crippen LogP contribution is 2.44. The lowest BCUT2D eigenvalue weighted by molar-refractivity contribution is 0.464. The minimum atomic E-state index is -0.336. The van der Waals surface area contributed by atoms with Gasteiger partial charge in [-0.15, -0.1) is 0 Å². The Morgan fingerprint density at radius 2 is 1.62 bits per heavy atom. The first kappa shape index (κ1) is 15.9. The van der Waals surface area contributed by atoms with Crippen LogP contribution in [-0.4, -0.2) is 19.6 Å². The summed E-state index contributed by atoms with van der Waals surface area (Å²) >= 11 is 0. The van der Waals surface area contributed by atoms with Gasteiger partial charge in [-0.1, -0.05) is 42.5 Å². The van der Waals surface area contributed by atoms with Gasteiger partial charge in [-0.3, -0.25) is 9.20 Å². The molecule has 138 valence electrons. The Morgan fingerprint density at radius 3 is 2.52 bits per heavy atom. The maximum Gasteiger partial charge on any atom is 0.259 e. The van der Waals surface area contributed by atoms with E-state index in [2.05, 4.69) is 0 Å². The second kappa shape index (κ2) is 5.45. The van der Waals surface area contributed by atoms with Gasteiger partial charge in [-0.25, -0.2) is 4.98 Å². The lowest BCUT2D eigenvalue weighted by atomic mass is 10.0. The second-order valence-corrected chi connectivity index (χ2v) is 7.15. The Morgan fingerprint density at radius 1 is 0.828 bits per heavy atom. The first-order valence-corrected chi connectivity index (χ1v) is 9.24. The van der Waals surface area contributed by atoms with Gasteiger partial charge in [0.05, 0.1) is 27.6 Å². The number of rotatable bonds is 1. The molecule has 0 fully saturated rings. The molecule has 0 amide bonds. The van der Waals surface area contributed by atoms with E-state index in [0.717, 1.165) is 33.3 Å². The number of aromatic hydroxyl groups is 2. The first-order chi connectivity index (χ1) is 14.1. The van der Waals surface area contributed by atoms with Crippen LogP contribution >= 0.6 is 0 Å². The average molecular weight is 378 g/mol. The SMILES string of the molecule is O=c1cc(O)c2c(O)c(-c3ccc4ccccc4n3)cc3c4ccccc4n1c23. The van der Waals surface area contributed by atoms with Crippen molar-refractivity contribution in [2.24, 2.45) is 0 Å². The number of pyridine rings is 2. The van der Waals surface area contributed by atoms with Crippen LogP contribution in [0.3, 0.4) is 0 Å². The first-order valence-electron chi connectivity index (χ1n) is 9.24. The molecular weight excluding hydrogens is 364 g/mol. The quantitative estimate of drug-likeness (QED) is 0.436. The molecule has 0 aliphatic rings. The fourth-order valence-corrected chi connectivity index (χ4v) is 4.25. The number of fused-ring (bicyclic) bond motifs is 4. The highest BCUT2D eigenvalue weighted by Gasteiger charge is 2.22. The van der Waals surface area contributed by atoms with E-state index in [1.165, 1.54) is 4.40 Å². The number of phenols is 1. The van der Waals surface area contributed by atoms with Crippen molar-refractivity contribution < 1.29 is 10.2 Å². The van der Waals surface area contributed by atoms with Crippen LogP contribution in [0.4, 0.5) is 0 Å². The van der Waals surface area contributed by atoms with Crippen molar-refractivity contribution >= 4 is 38.1 Å². The Kier molecular flexibility index (Phi) is 2.99. The molecule has 0 spiro atoms. The summed E-state index contributed by atoms with van der Waals surface area (Å²) in [5.41, 5.74) is 2.84. The zero-order valence-electron chi connectivity index (χ0n) is 15.1. The minimum Gasteiger partial charge on any atom is -0.507 e. The Balaban J connectivity index is 1.82. The number of hydrogen-bond acceptors (Lipinski definition) is 4. The molecule has 6 aromatic rings. The molecule has 0 aliphatic heterocycles. The van der Waals surface area contributed by atoms with E-state index >= 15 is 0 Å². The summed E-state index contributed by atoms with van der Waals surface area (Å²) in [6.07, 6.45) is 0. The zero-order chi connectivity index (χ0) is 19.7. The molecule has 0 aliphatic carbocycles. The smallest absolute Gasteiger partial charge is 0.259 e. The van der Waals surface area contributed by atoms with Gasteiger partial charge in [-0.05, 0) is 24.3 Å². The molecular formula is C24H14N2O3. The Labute approximate surface area is 164 Å². The van der Waals surface area contributed by atoms with Crippen molar-refractivity contribution in [3.8, 4) is 22.8 Å². The lowest BCUT2D eigenvalue weighted by Crippen LogP contribution is -2.10. The molecule has 5 heteroatoms. The van der Waals surface area contributed by atoms with E-state index in [4.69, 9.17) is 4.98 Å². The molecule has 5 nitrogen and oxygen atoms in total. The fraction of sp³-hybridized carbons (Fsp3) is 0. The lowest BCUT2D eigenvalue weighted by Gasteiger charge is -2.11. The van der Waals surface area contributed by atoms with Crippen LogP contribution < -0.4 is 5.56 Å². The summed E-state index contributed by atoms with van der Waals surface area (Å²) in [6.45, 7) is 0. The molecule has 0 unspecified atom stereocenters. The van der Waals surface area contributed by atoms with Gasteiger partial charge in [0.1, 0.15) is 11.5 Å². The van der Waals surface area contributed by atoms with Crippen molar-refractivity contribution in [1.29, 1.82) is 0 Å². The number of para-hydroxylation sites is 2. The molecule has 3 aromatic carbocycles. The number of nitrogens with zero attached hydrogens (tertiary/aromatic N) is 2. The van der Waals surface area contributed by atoms with Crippen molar-refractivity contribution in [2.75, 3.05) is 0 Å². The minimum absolute atomic E-state index is 0.0920. The van der Waals surface area contributed by atoms with E-state index in [9.17, 15) is 15.0 Å². The molecule has 3 heterocycles. The molecule has 3 aromatic heterocycles. The summed E-state index contributed by atoms with van der Waals surface area (Å²) in [5, 5.41) is 24.5. The van der Waals surface area contributed by atoms with Crippen LogP contribution in [0.2, 0.25) is 0 Å². The van der Waals surface area contributed by atoms with Gasteiger partial charge in [0.25, 0.3) is 5.56 Å². The standard InChI is InChI=1S/C24H14N2O3/c27-20-12-21(28)26-19-8-4-2-6-14(19)15-11-16(24(29)22(20)23(15)26)18-10-9-13-5-1-3-7-17(13)25-18/h1-12,27,29H. The van der Waals surface area contributed by atoms with Gasteiger partial charge >= 0.3 is 0 Å². The number of hydrogen-bond donors (Lipinski definition) is 2. The summed E-state index contributed by atoms with van der Waals surface area (Å²) in [4.78, 5) is 17.3. The van der Waals surface area contributed by atoms with Crippen LogP contribution in [-0.2, 0) is 0 Å².